The molecule has 0 aromatic carbocycles. The fraction of sp³-hybridized carbons (Fsp3) is 0.778. The van der Waals surface area contributed by atoms with Crippen molar-refractivity contribution in [2.45, 2.75) is 6.42 Å². The number of hydrogen-bond donors (Lipinski definition) is 1. The second kappa shape index (κ2) is 5.62. The first-order valence-electron chi connectivity index (χ1n) is 4.49. The van der Waals surface area contributed by atoms with Crippen LogP contribution in [0.25, 0.3) is 0 Å². The molecular formula is C9H18N2S. The van der Waals surface area contributed by atoms with Crippen molar-refractivity contribution < 1.29 is 0 Å². The molecule has 0 atom stereocenters. The zero-order chi connectivity index (χ0) is 8.81. The summed E-state index contributed by atoms with van der Waals surface area (Å²) < 4.78 is 0. The van der Waals surface area contributed by atoms with Gasteiger partial charge in [0, 0.05) is 25.4 Å². The Labute approximate surface area is 79.2 Å². The molecule has 2 nitrogen and oxygen atoms in total. The van der Waals surface area contributed by atoms with Gasteiger partial charge in [-0.1, -0.05) is 6.58 Å². The lowest BCUT2D eigenvalue weighted by atomic mass is 10.2. The molecule has 0 unspecified atom stereocenters. The van der Waals surface area contributed by atoms with Crippen molar-refractivity contribution in [2.24, 2.45) is 5.73 Å². The Morgan fingerprint density at radius 3 is 3.00 bits per heavy atom. The van der Waals surface area contributed by atoms with Crippen molar-refractivity contribution in [3.8, 4) is 0 Å². The molecule has 3 heteroatoms. The highest BCUT2D eigenvalue weighted by molar-refractivity contribution is 7.99. The molecule has 1 saturated heterocycles. The van der Waals surface area contributed by atoms with Gasteiger partial charge in [-0.15, -0.1) is 0 Å². The summed E-state index contributed by atoms with van der Waals surface area (Å²) in [5.41, 5.74) is 6.65. The number of hydrogen-bond acceptors (Lipinski definition) is 3. The van der Waals surface area contributed by atoms with E-state index < -0.39 is 0 Å². The molecule has 12 heavy (non-hydrogen) atoms. The third-order valence-electron chi connectivity index (χ3n) is 2.05. The second-order valence-corrected chi connectivity index (χ2v) is 4.42. The Morgan fingerprint density at radius 1 is 1.42 bits per heavy atom. The molecule has 1 heterocycles. The number of thioether (sulfide) groups is 1. The molecule has 70 valence electrons. The Balaban J connectivity index is 2.24. The van der Waals surface area contributed by atoms with E-state index in [0.717, 1.165) is 12.1 Å². The maximum Gasteiger partial charge on any atom is 0.0203 e. The molecule has 0 aromatic heterocycles. The van der Waals surface area contributed by atoms with Crippen LogP contribution in [-0.4, -0.2) is 42.6 Å². The molecule has 0 spiro atoms. The van der Waals surface area contributed by atoms with Crippen LogP contribution in [0.1, 0.15) is 6.42 Å². The average Bonchev–Trinajstić information content (AvgIpc) is 2.33. The van der Waals surface area contributed by atoms with Crippen LogP contribution < -0.4 is 5.73 Å². The first kappa shape index (κ1) is 10.1. The van der Waals surface area contributed by atoms with Crippen LogP contribution in [0.4, 0.5) is 0 Å². The fourth-order valence-electron chi connectivity index (χ4n) is 1.34. The summed E-state index contributed by atoms with van der Waals surface area (Å²) in [6.07, 6.45) is 1.31. The van der Waals surface area contributed by atoms with E-state index in [2.05, 4.69) is 23.2 Å². The molecule has 0 bridgehead atoms. The minimum Gasteiger partial charge on any atom is -0.327 e. The zero-order valence-electron chi connectivity index (χ0n) is 7.59. The molecule has 1 aliphatic rings. The van der Waals surface area contributed by atoms with Gasteiger partial charge in [-0.05, 0) is 24.3 Å². The Bertz CT molecular complexity index is 139. The molecule has 1 aliphatic heterocycles. The third-order valence-corrected chi connectivity index (χ3v) is 3.10. The number of nitrogens with two attached hydrogens (primary N) is 1. The van der Waals surface area contributed by atoms with E-state index in [1.807, 2.05) is 0 Å². The van der Waals surface area contributed by atoms with E-state index in [-0.39, 0.29) is 0 Å². The van der Waals surface area contributed by atoms with Crippen molar-refractivity contribution in [3.63, 3.8) is 0 Å². The molecule has 2 N–H and O–H groups in total. The van der Waals surface area contributed by atoms with Crippen LogP contribution in [0.5, 0.6) is 0 Å². The van der Waals surface area contributed by atoms with Gasteiger partial charge in [-0.25, -0.2) is 0 Å². The van der Waals surface area contributed by atoms with Crippen molar-refractivity contribution in [1.82, 2.24) is 4.90 Å². The molecule has 0 radical (unpaired) electrons. The second-order valence-electron chi connectivity index (χ2n) is 3.20. The van der Waals surface area contributed by atoms with E-state index in [0.29, 0.717) is 6.54 Å². The smallest absolute Gasteiger partial charge is 0.0203 e. The highest BCUT2D eigenvalue weighted by Gasteiger charge is 2.08. The summed E-state index contributed by atoms with van der Waals surface area (Å²) in [4.78, 5) is 2.45. The first-order valence-corrected chi connectivity index (χ1v) is 5.65. The maximum absolute atomic E-state index is 5.50. The lowest BCUT2D eigenvalue weighted by Gasteiger charge is -2.19. The molecular weight excluding hydrogens is 168 g/mol. The van der Waals surface area contributed by atoms with Crippen LogP contribution in [0, 0.1) is 0 Å². The predicted octanol–water partition coefficient (Wildman–Crippen LogP) is 0.940. The Kier molecular flexibility index (Phi) is 4.73. The number of nitrogens with zero attached hydrogens (tertiary/aromatic N) is 1. The van der Waals surface area contributed by atoms with E-state index in [9.17, 15) is 0 Å². The van der Waals surface area contributed by atoms with Gasteiger partial charge in [-0.2, -0.15) is 11.8 Å². The van der Waals surface area contributed by atoms with E-state index >= 15 is 0 Å². The van der Waals surface area contributed by atoms with Crippen LogP contribution >= 0.6 is 11.8 Å². The van der Waals surface area contributed by atoms with E-state index in [4.69, 9.17) is 5.73 Å². The zero-order valence-corrected chi connectivity index (χ0v) is 8.41. The normalized spacial score (nSPS) is 20.4. The first-order chi connectivity index (χ1) is 5.83. The highest BCUT2D eigenvalue weighted by atomic mass is 32.2. The third kappa shape index (κ3) is 3.61. The summed E-state index contributed by atoms with van der Waals surface area (Å²) in [6.45, 7) is 7.96. The summed E-state index contributed by atoms with van der Waals surface area (Å²) >= 11 is 2.05. The quantitative estimate of drug-likeness (QED) is 0.665. The van der Waals surface area contributed by atoms with Gasteiger partial charge in [0.2, 0.25) is 0 Å². The van der Waals surface area contributed by atoms with Gasteiger partial charge >= 0.3 is 0 Å². The van der Waals surface area contributed by atoms with E-state index in [1.165, 1.54) is 31.0 Å². The van der Waals surface area contributed by atoms with Crippen molar-refractivity contribution >= 4 is 11.8 Å². The van der Waals surface area contributed by atoms with Crippen molar-refractivity contribution in [2.75, 3.05) is 37.7 Å². The van der Waals surface area contributed by atoms with Crippen LogP contribution in [0.3, 0.4) is 0 Å². The van der Waals surface area contributed by atoms with Gasteiger partial charge in [0.1, 0.15) is 0 Å². The van der Waals surface area contributed by atoms with Gasteiger partial charge in [0.15, 0.2) is 0 Å². The molecule has 0 aliphatic carbocycles. The lowest BCUT2D eigenvalue weighted by Crippen LogP contribution is -2.29. The predicted molar refractivity (Wildman–Crippen MR) is 56.6 cm³/mol. The summed E-state index contributed by atoms with van der Waals surface area (Å²) in [6, 6.07) is 0. The average molecular weight is 186 g/mol. The van der Waals surface area contributed by atoms with Crippen molar-refractivity contribution in [1.29, 1.82) is 0 Å². The highest BCUT2D eigenvalue weighted by Crippen LogP contribution is 2.10. The molecule has 1 fully saturated rings. The van der Waals surface area contributed by atoms with Crippen LogP contribution in [0.15, 0.2) is 12.2 Å². The SMILES string of the molecule is C=C(CN)CN1CCCSCC1. The fourth-order valence-corrected chi connectivity index (χ4v) is 2.26. The molecule has 1 rings (SSSR count). The van der Waals surface area contributed by atoms with Gasteiger partial charge in [-0.3, -0.25) is 4.90 Å². The Hall–Kier alpha value is 0.0100. The summed E-state index contributed by atoms with van der Waals surface area (Å²) in [7, 11) is 0. The maximum atomic E-state index is 5.50. The molecule has 0 amide bonds. The lowest BCUT2D eigenvalue weighted by molar-refractivity contribution is 0.319. The summed E-state index contributed by atoms with van der Waals surface area (Å²) in [5, 5.41) is 0. The van der Waals surface area contributed by atoms with Gasteiger partial charge in [0.05, 0.1) is 0 Å². The van der Waals surface area contributed by atoms with Gasteiger partial charge < -0.3 is 5.73 Å². The topological polar surface area (TPSA) is 29.3 Å². The van der Waals surface area contributed by atoms with Gasteiger partial charge in [0.25, 0.3) is 0 Å². The van der Waals surface area contributed by atoms with Crippen LogP contribution in [0.2, 0.25) is 0 Å². The molecule has 0 aromatic rings. The standard InChI is InChI=1S/C9H18N2S/c1-9(7-10)8-11-3-2-5-12-6-4-11/h1-8,10H2. The minimum atomic E-state index is 0.629. The monoisotopic (exact) mass is 186 g/mol. The summed E-state index contributed by atoms with van der Waals surface area (Å²) in [5.74, 6) is 2.57. The minimum absolute atomic E-state index is 0.629. The van der Waals surface area contributed by atoms with E-state index in [1.54, 1.807) is 0 Å². The van der Waals surface area contributed by atoms with Crippen LogP contribution in [-0.2, 0) is 0 Å². The Morgan fingerprint density at radius 2 is 2.25 bits per heavy atom. The molecule has 0 saturated carbocycles. The number of rotatable bonds is 3. The largest absolute Gasteiger partial charge is 0.327 e. The van der Waals surface area contributed by atoms with Crippen molar-refractivity contribution in [3.05, 3.63) is 12.2 Å².